The van der Waals surface area contributed by atoms with E-state index in [9.17, 15) is 0 Å². The first kappa shape index (κ1) is 33.3. The molecular weight excluding hydrogens is 497 g/mol. The lowest BCUT2D eigenvalue weighted by molar-refractivity contribution is 0.529. The molecule has 0 spiro atoms. The van der Waals surface area contributed by atoms with Crippen LogP contribution in [0, 0.1) is 0 Å². The molecule has 0 fully saturated rings. The highest BCUT2D eigenvalue weighted by atomic mass is 33.1. The largest absolute Gasteiger partial charge is 0.0561 e. The molecule has 0 amide bonds. The summed E-state index contributed by atoms with van der Waals surface area (Å²) in [5.41, 5.74) is 9.17. The molecule has 0 N–H and O–H groups in total. The molecule has 0 aromatic heterocycles. The average Bonchev–Trinajstić information content (AvgIpc) is 2.66. The SMILES string of the molecule is CC(C)(C)c1cc(C(C)(C)C)c(SSc2c(C(C)(C)C)cc(C(C)(C)C)cc2C(C)(C)C)c(C(C)(C)C)c1. The summed E-state index contributed by atoms with van der Waals surface area (Å²) in [5.74, 6) is 0. The van der Waals surface area contributed by atoms with Gasteiger partial charge in [0.05, 0.1) is 0 Å². The van der Waals surface area contributed by atoms with Crippen LogP contribution in [0.2, 0.25) is 0 Å². The van der Waals surface area contributed by atoms with Crippen LogP contribution in [-0.2, 0) is 32.5 Å². The second kappa shape index (κ2) is 10.5. The first-order chi connectivity index (χ1) is 16.6. The van der Waals surface area contributed by atoms with Crippen LogP contribution >= 0.6 is 21.6 Å². The molecular formula is C36H58S2. The van der Waals surface area contributed by atoms with Crippen LogP contribution in [0.5, 0.6) is 0 Å². The number of rotatable bonds is 3. The molecule has 2 aromatic carbocycles. The predicted molar refractivity (Wildman–Crippen MR) is 177 cm³/mol. The van der Waals surface area contributed by atoms with E-state index >= 15 is 0 Å². The van der Waals surface area contributed by atoms with Crippen molar-refractivity contribution >= 4 is 21.6 Å². The smallest absolute Gasteiger partial charge is 0.0261 e. The van der Waals surface area contributed by atoms with Gasteiger partial charge in [-0.15, -0.1) is 0 Å². The van der Waals surface area contributed by atoms with Crippen molar-refractivity contribution in [2.24, 2.45) is 0 Å². The summed E-state index contributed by atoms with van der Waals surface area (Å²) < 4.78 is 0. The van der Waals surface area contributed by atoms with E-state index in [0.717, 1.165) is 0 Å². The summed E-state index contributed by atoms with van der Waals surface area (Å²) >= 11 is 0. The Labute approximate surface area is 245 Å². The molecule has 0 unspecified atom stereocenters. The highest BCUT2D eigenvalue weighted by Gasteiger charge is 2.33. The molecule has 0 bridgehead atoms. The molecule has 0 atom stereocenters. The molecule has 0 heterocycles. The molecule has 2 aromatic rings. The Morgan fingerprint density at radius 3 is 0.632 bits per heavy atom. The molecule has 0 nitrogen and oxygen atoms in total. The molecule has 0 aliphatic rings. The van der Waals surface area contributed by atoms with Gasteiger partial charge in [0.25, 0.3) is 0 Å². The Hall–Kier alpha value is -0.860. The van der Waals surface area contributed by atoms with Gasteiger partial charge in [0.2, 0.25) is 0 Å². The van der Waals surface area contributed by atoms with Gasteiger partial charge in [-0.05, 0) is 65.9 Å². The first-order valence-electron chi connectivity index (χ1n) is 14.4. The van der Waals surface area contributed by atoms with Crippen molar-refractivity contribution < 1.29 is 0 Å². The summed E-state index contributed by atoms with van der Waals surface area (Å²) in [6.07, 6.45) is 0. The molecule has 2 rings (SSSR count). The lowest BCUT2D eigenvalue weighted by Gasteiger charge is -2.35. The maximum atomic E-state index is 2.50. The maximum Gasteiger partial charge on any atom is 0.0261 e. The highest BCUT2D eigenvalue weighted by molar-refractivity contribution is 8.76. The van der Waals surface area contributed by atoms with Crippen LogP contribution in [-0.4, -0.2) is 0 Å². The van der Waals surface area contributed by atoms with Crippen molar-refractivity contribution in [2.45, 2.75) is 167 Å². The predicted octanol–water partition coefficient (Wildman–Crippen LogP) is 12.3. The lowest BCUT2D eigenvalue weighted by atomic mass is 9.75. The minimum Gasteiger partial charge on any atom is -0.0561 e. The van der Waals surface area contributed by atoms with Crippen molar-refractivity contribution in [3.8, 4) is 0 Å². The highest BCUT2D eigenvalue weighted by Crippen LogP contribution is 2.52. The van der Waals surface area contributed by atoms with Gasteiger partial charge < -0.3 is 0 Å². The lowest BCUT2D eigenvalue weighted by Crippen LogP contribution is -2.23. The van der Waals surface area contributed by atoms with Crippen LogP contribution in [0.3, 0.4) is 0 Å². The Morgan fingerprint density at radius 2 is 0.500 bits per heavy atom. The molecule has 2 heteroatoms. The third-order valence-corrected chi connectivity index (χ3v) is 9.90. The summed E-state index contributed by atoms with van der Waals surface area (Å²) in [4.78, 5) is 2.89. The van der Waals surface area contributed by atoms with Crippen molar-refractivity contribution in [1.82, 2.24) is 0 Å². The van der Waals surface area contributed by atoms with Crippen LogP contribution in [0.1, 0.15) is 158 Å². The fourth-order valence-electron chi connectivity index (χ4n) is 4.62. The zero-order valence-corrected chi connectivity index (χ0v) is 29.8. The van der Waals surface area contributed by atoms with Crippen molar-refractivity contribution in [1.29, 1.82) is 0 Å². The number of benzene rings is 2. The standard InChI is InChI=1S/C36H58S2/c1-31(2,3)23-19-25(33(7,8)9)29(26(20-23)34(10,11)12)37-38-30-27(35(13,14)15)21-24(32(4,5)6)22-28(30)36(16,17)18/h19-22H,1-18H3. The number of hydrogen-bond acceptors (Lipinski definition) is 2. The first-order valence-corrected chi connectivity index (χ1v) is 16.5. The Balaban J connectivity index is 2.90. The van der Waals surface area contributed by atoms with Crippen molar-refractivity contribution in [3.05, 3.63) is 57.6 Å². The second-order valence-corrected chi connectivity index (χ2v) is 19.6. The van der Waals surface area contributed by atoms with Gasteiger partial charge in [-0.3, -0.25) is 0 Å². The monoisotopic (exact) mass is 554 g/mol. The van der Waals surface area contributed by atoms with Gasteiger partial charge in [0, 0.05) is 9.79 Å². The molecule has 0 radical (unpaired) electrons. The van der Waals surface area contributed by atoms with Crippen molar-refractivity contribution in [2.75, 3.05) is 0 Å². The fraction of sp³-hybridized carbons (Fsp3) is 0.667. The van der Waals surface area contributed by atoms with E-state index in [1.54, 1.807) is 0 Å². The van der Waals surface area contributed by atoms with E-state index < -0.39 is 0 Å². The van der Waals surface area contributed by atoms with Gasteiger partial charge in [0.15, 0.2) is 0 Å². The maximum absolute atomic E-state index is 2.50. The third-order valence-electron chi connectivity index (χ3n) is 7.35. The molecule has 0 aliphatic heterocycles. The van der Waals surface area contributed by atoms with Crippen molar-refractivity contribution in [3.63, 3.8) is 0 Å². The van der Waals surface area contributed by atoms with E-state index in [4.69, 9.17) is 0 Å². The van der Waals surface area contributed by atoms with Gasteiger partial charge in [-0.1, -0.05) is 170 Å². The molecule has 0 aliphatic carbocycles. The molecule has 38 heavy (non-hydrogen) atoms. The van der Waals surface area contributed by atoms with Crippen LogP contribution in [0.15, 0.2) is 34.1 Å². The van der Waals surface area contributed by atoms with E-state index in [1.165, 1.54) is 43.2 Å². The van der Waals surface area contributed by atoms with Gasteiger partial charge in [0.1, 0.15) is 0 Å². The topological polar surface area (TPSA) is 0 Å². The van der Waals surface area contributed by atoms with E-state index in [-0.39, 0.29) is 32.5 Å². The minimum atomic E-state index is 0.0555. The number of hydrogen-bond donors (Lipinski definition) is 0. The molecule has 214 valence electrons. The normalized spacial score (nSPS) is 14.3. The van der Waals surface area contributed by atoms with E-state index in [1.807, 2.05) is 21.6 Å². The average molecular weight is 555 g/mol. The zero-order valence-electron chi connectivity index (χ0n) is 28.1. The van der Waals surface area contributed by atoms with Crippen LogP contribution in [0.25, 0.3) is 0 Å². The Bertz CT molecular complexity index is 975. The minimum absolute atomic E-state index is 0.0555. The van der Waals surface area contributed by atoms with E-state index in [2.05, 4.69) is 149 Å². The molecule has 0 saturated heterocycles. The van der Waals surface area contributed by atoms with Gasteiger partial charge in [-0.2, -0.15) is 0 Å². The van der Waals surface area contributed by atoms with E-state index in [0.29, 0.717) is 0 Å². The third kappa shape index (κ3) is 7.87. The fourth-order valence-corrected chi connectivity index (χ4v) is 8.18. The summed E-state index contributed by atoms with van der Waals surface area (Å²) in [7, 11) is 3.98. The summed E-state index contributed by atoms with van der Waals surface area (Å²) in [6.45, 7) is 42.5. The second-order valence-electron chi connectivity index (χ2n) is 17.5. The quantitative estimate of drug-likeness (QED) is 0.346. The summed E-state index contributed by atoms with van der Waals surface area (Å²) in [5, 5.41) is 0. The van der Waals surface area contributed by atoms with Crippen LogP contribution < -0.4 is 0 Å². The molecule has 0 saturated carbocycles. The van der Waals surface area contributed by atoms with Gasteiger partial charge in [-0.25, -0.2) is 0 Å². The zero-order chi connectivity index (χ0) is 29.9. The van der Waals surface area contributed by atoms with Crippen LogP contribution in [0.4, 0.5) is 0 Å². The Morgan fingerprint density at radius 1 is 0.316 bits per heavy atom. The Kier molecular flexibility index (Phi) is 9.23. The van der Waals surface area contributed by atoms with Gasteiger partial charge >= 0.3 is 0 Å². The summed E-state index contributed by atoms with van der Waals surface area (Å²) in [6, 6.07) is 9.98.